The molecule has 4 aliphatic rings. The summed E-state index contributed by atoms with van der Waals surface area (Å²) in [4.78, 5) is 25.2. The summed E-state index contributed by atoms with van der Waals surface area (Å²) < 4.78 is 39.3. The number of aromatic nitrogens is 2. The average molecular weight is 552 g/mol. The highest BCUT2D eigenvalue weighted by molar-refractivity contribution is 7.88. The average Bonchev–Trinajstić information content (AvgIpc) is 3.19. The zero-order chi connectivity index (χ0) is 27.9. The molecule has 1 aromatic rings. The lowest BCUT2D eigenvalue weighted by Crippen LogP contribution is -2.66. The minimum Gasteiger partial charge on any atom is -0.477 e. The van der Waals surface area contributed by atoms with Crippen molar-refractivity contribution in [3.8, 4) is 5.88 Å². The number of ether oxygens (including phenoxy) is 2. The Bertz CT molecular complexity index is 1170. The molecule has 5 rings (SSSR count). The Morgan fingerprint density at radius 2 is 1.89 bits per heavy atom. The molecule has 0 saturated heterocycles. The number of hydrogen-bond donors (Lipinski definition) is 3. The van der Waals surface area contributed by atoms with Gasteiger partial charge in [0.05, 0.1) is 31.7 Å². The van der Waals surface area contributed by atoms with Crippen molar-refractivity contribution in [2.75, 3.05) is 20.0 Å². The second kappa shape index (κ2) is 10.5. The standard InChI is InChI=1S/C26H41N5O6S/c1-16(2)15-37-23-20(14-27-31(23)8-7-25(3,4)29-24(33)36-5)22(32)28-21-18-9-17-10-19(21)13-26(11-17,12-18)30-38(6,34)35/h7-8,14,16-19,21,30H,9-13,15H2,1-6H3,(H,28,32)(H,29,33)/b8-7+/t17?,18?,19?,21-,26-. The molecular weight excluding hydrogens is 510 g/mol. The maximum absolute atomic E-state index is 13.6. The van der Waals surface area contributed by atoms with E-state index in [4.69, 9.17) is 4.74 Å². The first kappa shape index (κ1) is 28.4. The smallest absolute Gasteiger partial charge is 0.407 e. The van der Waals surface area contributed by atoms with Gasteiger partial charge in [-0.15, -0.1) is 0 Å². The first-order valence-corrected chi connectivity index (χ1v) is 15.1. The van der Waals surface area contributed by atoms with Crippen molar-refractivity contribution in [1.29, 1.82) is 0 Å². The summed E-state index contributed by atoms with van der Waals surface area (Å²) in [5, 5.41) is 10.4. The summed E-state index contributed by atoms with van der Waals surface area (Å²) >= 11 is 0. The molecule has 1 heterocycles. The third-order valence-corrected chi connectivity index (χ3v) is 8.57. The van der Waals surface area contributed by atoms with Crippen LogP contribution in [0.2, 0.25) is 0 Å². The van der Waals surface area contributed by atoms with Gasteiger partial charge in [0, 0.05) is 17.8 Å². The molecule has 0 aliphatic heterocycles. The van der Waals surface area contributed by atoms with E-state index in [0.717, 1.165) is 32.1 Å². The SMILES string of the molecule is COC(=O)NC(C)(C)/C=C/n1ncc(C(=O)N[C@H]2C3CC4CC2C[C@](NS(C)(=O)=O)(C4)C3)c1OCC(C)C. The number of amides is 2. The maximum Gasteiger partial charge on any atom is 0.407 e. The quantitative estimate of drug-likeness (QED) is 0.406. The van der Waals surface area contributed by atoms with E-state index >= 15 is 0 Å². The van der Waals surface area contributed by atoms with E-state index in [1.54, 1.807) is 12.3 Å². The lowest BCUT2D eigenvalue weighted by molar-refractivity contribution is -0.0348. The van der Waals surface area contributed by atoms with Crippen LogP contribution in [0.15, 0.2) is 12.3 Å². The highest BCUT2D eigenvalue weighted by atomic mass is 32.2. The molecule has 4 aliphatic carbocycles. The van der Waals surface area contributed by atoms with Crippen LogP contribution in [0.1, 0.15) is 70.2 Å². The molecule has 3 N–H and O–H groups in total. The molecule has 11 nitrogen and oxygen atoms in total. The number of alkyl carbamates (subject to hydrolysis) is 1. The predicted molar refractivity (Wildman–Crippen MR) is 143 cm³/mol. The van der Waals surface area contributed by atoms with Crippen LogP contribution in [0.5, 0.6) is 5.88 Å². The van der Waals surface area contributed by atoms with Crippen molar-refractivity contribution in [1.82, 2.24) is 25.1 Å². The van der Waals surface area contributed by atoms with Gasteiger partial charge in [-0.3, -0.25) is 4.79 Å². The van der Waals surface area contributed by atoms with Gasteiger partial charge in [-0.25, -0.2) is 22.6 Å². The topological polar surface area (TPSA) is 141 Å². The van der Waals surface area contributed by atoms with Gasteiger partial charge >= 0.3 is 6.09 Å². The third kappa shape index (κ3) is 6.51. The van der Waals surface area contributed by atoms with Gasteiger partial charge in [-0.05, 0) is 75.7 Å². The van der Waals surface area contributed by atoms with Crippen molar-refractivity contribution < 1.29 is 27.5 Å². The van der Waals surface area contributed by atoms with Gasteiger partial charge in [0.25, 0.3) is 5.91 Å². The first-order chi connectivity index (χ1) is 17.7. The molecule has 212 valence electrons. The summed E-state index contributed by atoms with van der Waals surface area (Å²) in [5.41, 5.74) is -0.781. The van der Waals surface area contributed by atoms with Crippen LogP contribution in [0.25, 0.3) is 6.20 Å². The van der Waals surface area contributed by atoms with Crippen molar-refractivity contribution in [3.05, 3.63) is 17.8 Å². The molecule has 1 aromatic heterocycles. The van der Waals surface area contributed by atoms with E-state index in [0.29, 0.717) is 24.0 Å². The van der Waals surface area contributed by atoms with Crippen LogP contribution < -0.4 is 20.1 Å². The number of rotatable bonds is 10. The number of hydrogen-bond acceptors (Lipinski definition) is 7. The lowest BCUT2D eigenvalue weighted by Gasteiger charge is -2.59. The molecule has 0 aromatic carbocycles. The molecule has 2 unspecified atom stereocenters. The van der Waals surface area contributed by atoms with Crippen LogP contribution in [0, 0.1) is 23.7 Å². The van der Waals surface area contributed by atoms with Gasteiger partial charge in [-0.1, -0.05) is 13.8 Å². The molecule has 0 radical (unpaired) electrons. The van der Waals surface area contributed by atoms with Gasteiger partial charge in [0.15, 0.2) is 0 Å². The maximum atomic E-state index is 13.6. The van der Waals surface area contributed by atoms with Crippen LogP contribution in [-0.2, 0) is 14.8 Å². The van der Waals surface area contributed by atoms with E-state index < -0.39 is 27.2 Å². The molecule has 4 bridgehead atoms. The summed E-state index contributed by atoms with van der Waals surface area (Å²) in [6.45, 7) is 8.07. The minimum absolute atomic E-state index is 0.0198. The van der Waals surface area contributed by atoms with Gasteiger partial charge in [0.2, 0.25) is 15.9 Å². The zero-order valence-corrected chi connectivity index (χ0v) is 23.9. The van der Waals surface area contributed by atoms with Crippen LogP contribution in [0.3, 0.4) is 0 Å². The molecule has 12 heteroatoms. The summed E-state index contributed by atoms with van der Waals surface area (Å²) in [5.74, 6) is 1.24. The van der Waals surface area contributed by atoms with Crippen LogP contribution >= 0.6 is 0 Å². The van der Waals surface area contributed by atoms with E-state index in [2.05, 4.69) is 25.2 Å². The number of nitrogens with one attached hydrogen (secondary N) is 3. The fourth-order valence-electron chi connectivity index (χ4n) is 6.62. The Labute approximate surface area is 225 Å². The van der Waals surface area contributed by atoms with E-state index in [-0.39, 0.29) is 29.7 Å². The normalized spacial score (nSPS) is 28.6. The van der Waals surface area contributed by atoms with Crippen molar-refractivity contribution in [2.45, 2.75) is 76.9 Å². The number of sulfonamides is 1. The Morgan fingerprint density at radius 1 is 1.24 bits per heavy atom. The van der Waals surface area contributed by atoms with Gasteiger partial charge in [-0.2, -0.15) is 5.10 Å². The zero-order valence-electron chi connectivity index (χ0n) is 23.1. The van der Waals surface area contributed by atoms with E-state index in [1.807, 2.05) is 27.7 Å². The number of methoxy groups -OCH3 is 1. The fraction of sp³-hybridized carbons (Fsp3) is 0.731. The van der Waals surface area contributed by atoms with Crippen molar-refractivity contribution in [3.63, 3.8) is 0 Å². The number of carbonyl (C=O) groups excluding carboxylic acids is 2. The Morgan fingerprint density at radius 3 is 2.47 bits per heavy atom. The molecular formula is C26H41N5O6S. The Balaban J connectivity index is 1.52. The van der Waals surface area contributed by atoms with Crippen LogP contribution in [-0.4, -0.2) is 67.3 Å². The number of carbonyl (C=O) groups is 2. The largest absolute Gasteiger partial charge is 0.477 e. The summed E-state index contributed by atoms with van der Waals surface area (Å²) in [7, 11) is -2.01. The van der Waals surface area contributed by atoms with E-state index in [9.17, 15) is 18.0 Å². The van der Waals surface area contributed by atoms with Crippen molar-refractivity contribution in [2.24, 2.45) is 23.7 Å². The highest BCUT2D eigenvalue weighted by Crippen LogP contribution is 2.56. The Kier molecular flexibility index (Phi) is 7.86. The minimum atomic E-state index is -3.31. The molecule has 38 heavy (non-hydrogen) atoms. The fourth-order valence-corrected chi connectivity index (χ4v) is 7.66. The number of nitrogens with zero attached hydrogens (tertiary/aromatic N) is 2. The first-order valence-electron chi connectivity index (χ1n) is 13.2. The highest BCUT2D eigenvalue weighted by Gasteiger charge is 2.56. The molecule has 0 spiro atoms. The van der Waals surface area contributed by atoms with E-state index in [1.165, 1.54) is 24.2 Å². The molecule has 4 saturated carbocycles. The summed E-state index contributed by atoms with van der Waals surface area (Å²) in [6, 6.07) is -0.0198. The molecule has 2 atom stereocenters. The third-order valence-electron chi connectivity index (χ3n) is 7.76. The van der Waals surface area contributed by atoms with Crippen molar-refractivity contribution >= 4 is 28.2 Å². The van der Waals surface area contributed by atoms with Gasteiger partial charge in [0.1, 0.15) is 5.56 Å². The second-order valence-corrected chi connectivity index (χ2v) is 14.0. The Hall–Kier alpha value is -2.60. The summed E-state index contributed by atoms with van der Waals surface area (Å²) in [6.07, 6.45) is 9.91. The predicted octanol–water partition coefficient (Wildman–Crippen LogP) is 2.75. The van der Waals surface area contributed by atoms with Gasteiger partial charge < -0.3 is 20.1 Å². The second-order valence-electron chi connectivity index (χ2n) is 12.3. The van der Waals surface area contributed by atoms with Crippen LogP contribution in [0.4, 0.5) is 4.79 Å². The molecule has 4 fully saturated rings. The molecule has 2 amide bonds. The monoisotopic (exact) mass is 551 g/mol. The lowest BCUT2D eigenvalue weighted by atomic mass is 9.51.